The highest BCUT2D eigenvalue weighted by Crippen LogP contribution is 2.28. The molecule has 0 spiro atoms. The summed E-state index contributed by atoms with van der Waals surface area (Å²) in [6.45, 7) is 5.63. The minimum Gasteiger partial charge on any atom is -0.481 e. The predicted octanol–water partition coefficient (Wildman–Crippen LogP) is 2.46. The lowest BCUT2D eigenvalue weighted by Crippen LogP contribution is -2.21. The minimum atomic E-state index is -0.925. The molecule has 2 aromatic rings. The number of carboxylic acids is 1. The second-order valence-electron chi connectivity index (χ2n) is 5.32. The number of rotatable bonds is 5. The lowest BCUT2D eigenvalue weighted by Gasteiger charge is -2.20. The number of aryl methyl sites for hydroxylation is 1. The third kappa shape index (κ3) is 3.24. The molecule has 1 unspecified atom stereocenters. The van der Waals surface area contributed by atoms with Gasteiger partial charge < -0.3 is 5.11 Å². The maximum atomic E-state index is 13.5. The zero-order chi connectivity index (χ0) is 15.6. The van der Waals surface area contributed by atoms with Crippen molar-refractivity contribution < 1.29 is 14.3 Å². The van der Waals surface area contributed by atoms with Crippen LogP contribution in [0, 0.1) is 18.7 Å². The molecule has 0 radical (unpaired) electrons. The molecule has 1 N–H and O–H groups in total. The monoisotopic (exact) mass is 292 g/mol. The summed E-state index contributed by atoms with van der Waals surface area (Å²) in [5, 5.41) is 20.5. The van der Waals surface area contributed by atoms with Gasteiger partial charge in [0.15, 0.2) is 5.82 Å². The van der Waals surface area contributed by atoms with Gasteiger partial charge in [-0.25, -0.2) is 9.07 Å². The quantitative estimate of drug-likeness (QED) is 0.915. The molecule has 6 nitrogen and oxygen atoms in total. The Hall–Kier alpha value is -2.31. The van der Waals surface area contributed by atoms with E-state index in [1.165, 1.54) is 16.8 Å². The van der Waals surface area contributed by atoms with Crippen LogP contribution in [0.5, 0.6) is 0 Å². The molecule has 0 aliphatic heterocycles. The number of tetrazole rings is 1. The van der Waals surface area contributed by atoms with Crippen LogP contribution in [0.1, 0.15) is 31.9 Å². The van der Waals surface area contributed by atoms with Gasteiger partial charge in [0.05, 0.1) is 12.5 Å². The van der Waals surface area contributed by atoms with Crippen LogP contribution in [-0.4, -0.2) is 31.3 Å². The van der Waals surface area contributed by atoms with E-state index in [2.05, 4.69) is 15.5 Å². The van der Waals surface area contributed by atoms with Crippen molar-refractivity contribution in [2.75, 3.05) is 0 Å². The molecule has 0 aliphatic rings. The van der Waals surface area contributed by atoms with Gasteiger partial charge >= 0.3 is 5.97 Å². The van der Waals surface area contributed by atoms with E-state index in [9.17, 15) is 9.18 Å². The van der Waals surface area contributed by atoms with Crippen LogP contribution in [0.25, 0.3) is 11.4 Å². The van der Waals surface area contributed by atoms with Crippen LogP contribution in [0.4, 0.5) is 4.39 Å². The van der Waals surface area contributed by atoms with E-state index in [0.717, 1.165) is 5.56 Å². The third-order valence-electron chi connectivity index (χ3n) is 3.40. The van der Waals surface area contributed by atoms with Gasteiger partial charge in [-0.3, -0.25) is 4.79 Å². The highest BCUT2D eigenvalue weighted by molar-refractivity contribution is 5.67. The number of carbonyl (C=O) groups is 1. The van der Waals surface area contributed by atoms with E-state index < -0.39 is 12.0 Å². The Kier molecular flexibility index (Phi) is 4.30. The SMILES string of the molecule is Cc1ccc(F)cc1-c1nnnn1C(CC(=O)O)C(C)C. The summed E-state index contributed by atoms with van der Waals surface area (Å²) in [6.07, 6.45) is -0.0932. The number of aliphatic carboxylic acids is 1. The molecule has 0 saturated heterocycles. The Morgan fingerprint density at radius 3 is 2.76 bits per heavy atom. The van der Waals surface area contributed by atoms with Crippen LogP contribution >= 0.6 is 0 Å². The van der Waals surface area contributed by atoms with Crippen molar-refractivity contribution in [3.8, 4) is 11.4 Å². The molecule has 1 aromatic carbocycles. The molecule has 1 atom stereocenters. The molecule has 2 rings (SSSR count). The topological polar surface area (TPSA) is 80.9 Å². The maximum Gasteiger partial charge on any atom is 0.305 e. The van der Waals surface area contributed by atoms with Crippen molar-refractivity contribution in [2.24, 2.45) is 5.92 Å². The summed E-state index contributed by atoms with van der Waals surface area (Å²) in [4.78, 5) is 11.0. The maximum absolute atomic E-state index is 13.5. The van der Waals surface area contributed by atoms with Crippen molar-refractivity contribution in [1.82, 2.24) is 20.2 Å². The first-order valence-corrected chi connectivity index (χ1v) is 6.66. The van der Waals surface area contributed by atoms with Gasteiger partial charge in [0.2, 0.25) is 0 Å². The average molecular weight is 292 g/mol. The molecule has 0 amide bonds. The van der Waals surface area contributed by atoms with Crippen molar-refractivity contribution >= 4 is 5.97 Å². The fraction of sp³-hybridized carbons (Fsp3) is 0.429. The lowest BCUT2D eigenvalue weighted by atomic mass is 10.00. The van der Waals surface area contributed by atoms with Crippen molar-refractivity contribution in [2.45, 2.75) is 33.2 Å². The minimum absolute atomic E-state index is 0.0252. The molecule has 7 heteroatoms. The lowest BCUT2D eigenvalue weighted by molar-refractivity contribution is -0.138. The summed E-state index contributed by atoms with van der Waals surface area (Å²) >= 11 is 0. The van der Waals surface area contributed by atoms with E-state index in [4.69, 9.17) is 5.11 Å². The van der Waals surface area contributed by atoms with Crippen molar-refractivity contribution in [1.29, 1.82) is 0 Å². The Morgan fingerprint density at radius 1 is 1.43 bits per heavy atom. The second-order valence-corrected chi connectivity index (χ2v) is 5.32. The van der Waals surface area contributed by atoms with E-state index in [1.807, 2.05) is 20.8 Å². The van der Waals surface area contributed by atoms with Crippen LogP contribution in [-0.2, 0) is 4.79 Å². The standard InChI is InChI=1S/C14H17FN4O2/c1-8(2)12(7-13(20)21)19-14(16-17-18-19)11-6-10(15)5-4-9(11)3/h4-6,8,12H,7H2,1-3H3,(H,20,21). The van der Waals surface area contributed by atoms with Crippen LogP contribution in [0.2, 0.25) is 0 Å². The summed E-state index contributed by atoms with van der Waals surface area (Å²) in [5.41, 5.74) is 1.39. The molecule has 0 saturated carbocycles. The highest BCUT2D eigenvalue weighted by Gasteiger charge is 2.25. The number of carboxylic acid groups (broad SMARTS) is 1. The van der Waals surface area contributed by atoms with E-state index in [-0.39, 0.29) is 18.2 Å². The number of aromatic nitrogens is 4. The van der Waals surface area contributed by atoms with Gasteiger partial charge in [-0.15, -0.1) is 5.10 Å². The normalized spacial score (nSPS) is 12.6. The Bertz CT molecular complexity index is 654. The van der Waals surface area contributed by atoms with Crippen LogP contribution in [0.3, 0.4) is 0 Å². The fourth-order valence-electron chi connectivity index (χ4n) is 2.21. The third-order valence-corrected chi connectivity index (χ3v) is 3.40. The molecular formula is C14H17FN4O2. The van der Waals surface area contributed by atoms with Crippen molar-refractivity contribution in [3.05, 3.63) is 29.6 Å². The second kappa shape index (κ2) is 5.99. The molecule has 112 valence electrons. The van der Waals surface area contributed by atoms with Gasteiger partial charge in [0.1, 0.15) is 5.82 Å². The number of halogens is 1. The van der Waals surface area contributed by atoms with Gasteiger partial charge in [0.25, 0.3) is 0 Å². The first-order valence-electron chi connectivity index (χ1n) is 6.66. The van der Waals surface area contributed by atoms with E-state index >= 15 is 0 Å². The first-order chi connectivity index (χ1) is 9.90. The summed E-state index contributed by atoms with van der Waals surface area (Å²) in [6, 6.07) is 3.97. The smallest absolute Gasteiger partial charge is 0.305 e. The molecule has 0 fully saturated rings. The largest absolute Gasteiger partial charge is 0.481 e. The van der Waals surface area contributed by atoms with Gasteiger partial charge in [0, 0.05) is 5.56 Å². The zero-order valence-electron chi connectivity index (χ0n) is 12.1. The molecule has 0 bridgehead atoms. The average Bonchev–Trinajstić information content (AvgIpc) is 2.87. The zero-order valence-corrected chi connectivity index (χ0v) is 12.1. The molecule has 1 aromatic heterocycles. The number of hydrogen-bond donors (Lipinski definition) is 1. The number of nitrogens with zero attached hydrogens (tertiary/aromatic N) is 4. The summed E-state index contributed by atoms with van der Waals surface area (Å²) in [5.74, 6) is -0.903. The van der Waals surface area contributed by atoms with Gasteiger partial charge in [-0.2, -0.15) is 0 Å². The predicted molar refractivity (Wildman–Crippen MR) is 74.1 cm³/mol. The van der Waals surface area contributed by atoms with E-state index in [1.54, 1.807) is 6.07 Å². The Morgan fingerprint density at radius 2 is 2.14 bits per heavy atom. The van der Waals surface area contributed by atoms with Crippen molar-refractivity contribution in [3.63, 3.8) is 0 Å². The summed E-state index contributed by atoms with van der Waals surface area (Å²) in [7, 11) is 0. The Balaban J connectivity index is 2.50. The fourth-order valence-corrected chi connectivity index (χ4v) is 2.21. The summed E-state index contributed by atoms with van der Waals surface area (Å²) < 4.78 is 14.9. The van der Waals surface area contributed by atoms with Crippen LogP contribution in [0.15, 0.2) is 18.2 Å². The molecule has 1 heterocycles. The highest BCUT2D eigenvalue weighted by atomic mass is 19.1. The molecular weight excluding hydrogens is 275 g/mol. The van der Waals surface area contributed by atoms with Gasteiger partial charge in [-0.05, 0) is 41.0 Å². The van der Waals surface area contributed by atoms with Crippen LogP contribution < -0.4 is 0 Å². The number of benzene rings is 1. The van der Waals surface area contributed by atoms with Gasteiger partial charge in [-0.1, -0.05) is 19.9 Å². The molecule has 0 aliphatic carbocycles. The molecule has 21 heavy (non-hydrogen) atoms. The first kappa shape index (κ1) is 15.1. The Labute approximate surface area is 121 Å². The number of hydrogen-bond acceptors (Lipinski definition) is 4. The van der Waals surface area contributed by atoms with E-state index in [0.29, 0.717) is 11.4 Å².